The Kier molecular flexibility index (Phi) is 4.07. The van der Waals surface area contributed by atoms with Gasteiger partial charge in [-0.05, 0) is 24.1 Å². The Balaban J connectivity index is 1.90. The van der Waals surface area contributed by atoms with E-state index in [9.17, 15) is 4.79 Å². The number of benzene rings is 2. The van der Waals surface area contributed by atoms with Gasteiger partial charge in [0.05, 0.1) is 6.61 Å². The lowest BCUT2D eigenvalue weighted by Gasteiger charge is -2.25. The van der Waals surface area contributed by atoms with Crippen LogP contribution in [0.3, 0.4) is 0 Å². The molecule has 3 nitrogen and oxygen atoms in total. The zero-order valence-corrected chi connectivity index (χ0v) is 12.4. The summed E-state index contributed by atoms with van der Waals surface area (Å²) in [4.78, 5) is 12.5. The Morgan fingerprint density at radius 3 is 2.05 bits per heavy atom. The number of rotatable bonds is 4. The van der Waals surface area contributed by atoms with Crippen molar-refractivity contribution in [3.63, 3.8) is 0 Å². The second-order valence-corrected chi connectivity index (χ2v) is 5.43. The quantitative estimate of drug-likeness (QED) is 0.637. The van der Waals surface area contributed by atoms with Crippen LogP contribution in [0.15, 0.2) is 72.8 Å². The van der Waals surface area contributed by atoms with Gasteiger partial charge in [-0.25, -0.2) is 4.79 Å². The summed E-state index contributed by atoms with van der Waals surface area (Å²) in [6.45, 7) is 2.17. The van der Waals surface area contributed by atoms with Gasteiger partial charge in [-0.3, -0.25) is 0 Å². The molecule has 1 aliphatic rings. The molecule has 1 heterocycles. The summed E-state index contributed by atoms with van der Waals surface area (Å²) in [5.74, 6) is -0.376. The van der Waals surface area contributed by atoms with Gasteiger partial charge in [0.25, 0.3) is 0 Å². The van der Waals surface area contributed by atoms with E-state index in [1.54, 1.807) is 13.0 Å². The molecule has 1 atom stereocenters. The topological polar surface area (TPSA) is 35.5 Å². The number of hydrogen-bond acceptors (Lipinski definition) is 3. The van der Waals surface area contributed by atoms with E-state index in [1.165, 1.54) is 0 Å². The molecule has 0 saturated carbocycles. The number of esters is 1. The molecule has 0 saturated heterocycles. The molecule has 3 rings (SSSR count). The first-order valence-corrected chi connectivity index (χ1v) is 7.32. The maximum absolute atomic E-state index is 12.5. The zero-order chi connectivity index (χ0) is 15.4. The number of carbonyl (C=O) groups excluding carboxylic acids is 1. The maximum Gasteiger partial charge on any atom is 0.343 e. The molecule has 112 valence electrons. The summed E-state index contributed by atoms with van der Waals surface area (Å²) in [5, 5.41) is 0. The van der Waals surface area contributed by atoms with Crippen LogP contribution >= 0.6 is 0 Å². The molecule has 2 aromatic rings. The predicted octanol–water partition coefficient (Wildman–Crippen LogP) is 3.66. The third kappa shape index (κ3) is 2.95. The second kappa shape index (κ2) is 6.16. The van der Waals surface area contributed by atoms with Crippen molar-refractivity contribution in [2.75, 3.05) is 6.61 Å². The summed E-state index contributed by atoms with van der Waals surface area (Å²) >= 11 is 0. The van der Waals surface area contributed by atoms with Gasteiger partial charge < -0.3 is 9.47 Å². The van der Waals surface area contributed by atoms with Crippen LogP contribution in [0.5, 0.6) is 0 Å². The minimum absolute atomic E-state index is 0.376. The Morgan fingerprint density at radius 2 is 1.59 bits per heavy atom. The standard InChI is InChI=1S/C19H18O3/c1-19(13-8-14-21-19)18(20)22-17(15-9-4-2-5-10-15)16-11-6-3-7-12-16/h2-13,17H,14H2,1H3. The maximum atomic E-state index is 12.5. The number of hydrogen-bond donors (Lipinski definition) is 0. The number of ether oxygens (including phenoxy) is 2. The zero-order valence-electron chi connectivity index (χ0n) is 12.4. The van der Waals surface area contributed by atoms with Crippen molar-refractivity contribution in [1.82, 2.24) is 0 Å². The van der Waals surface area contributed by atoms with Crippen LogP contribution in [0.4, 0.5) is 0 Å². The third-order valence-corrected chi connectivity index (χ3v) is 3.75. The Bertz CT molecular complexity index is 624. The Labute approximate surface area is 130 Å². The summed E-state index contributed by atoms with van der Waals surface area (Å²) in [7, 11) is 0. The highest BCUT2D eigenvalue weighted by molar-refractivity contribution is 5.82. The molecule has 0 radical (unpaired) electrons. The molecule has 22 heavy (non-hydrogen) atoms. The molecule has 0 aliphatic carbocycles. The average molecular weight is 294 g/mol. The van der Waals surface area contributed by atoms with Crippen molar-refractivity contribution in [2.24, 2.45) is 0 Å². The first-order valence-electron chi connectivity index (χ1n) is 7.32. The van der Waals surface area contributed by atoms with Crippen LogP contribution in [-0.4, -0.2) is 18.2 Å². The minimum Gasteiger partial charge on any atom is -0.450 e. The highest BCUT2D eigenvalue weighted by atomic mass is 16.6. The van der Waals surface area contributed by atoms with Crippen molar-refractivity contribution in [3.05, 3.63) is 83.9 Å². The monoisotopic (exact) mass is 294 g/mol. The highest BCUT2D eigenvalue weighted by Gasteiger charge is 2.37. The smallest absolute Gasteiger partial charge is 0.343 e. The molecule has 0 aromatic heterocycles. The van der Waals surface area contributed by atoms with Gasteiger partial charge in [0.2, 0.25) is 0 Å². The normalized spacial score (nSPS) is 20.3. The van der Waals surface area contributed by atoms with Crippen molar-refractivity contribution in [3.8, 4) is 0 Å². The summed E-state index contributed by atoms with van der Waals surface area (Å²) in [6.07, 6.45) is 3.15. The molecule has 0 bridgehead atoms. The van der Waals surface area contributed by atoms with Crippen molar-refractivity contribution in [1.29, 1.82) is 0 Å². The van der Waals surface area contributed by atoms with Crippen LogP contribution in [0.25, 0.3) is 0 Å². The van der Waals surface area contributed by atoms with E-state index in [1.807, 2.05) is 66.7 Å². The van der Waals surface area contributed by atoms with E-state index in [4.69, 9.17) is 9.47 Å². The lowest BCUT2D eigenvalue weighted by molar-refractivity contribution is -0.165. The lowest BCUT2D eigenvalue weighted by atomic mass is 10.0. The van der Waals surface area contributed by atoms with E-state index >= 15 is 0 Å². The first kappa shape index (κ1) is 14.5. The molecular weight excluding hydrogens is 276 g/mol. The molecule has 0 spiro atoms. The van der Waals surface area contributed by atoms with Crippen LogP contribution < -0.4 is 0 Å². The van der Waals surface area contributed by atoms with E-state index in [0.29, 0.717) is 6.61 Å². The largest absolute Gasteiger partial charge is 0.450 e. The Hall–Kier alpha value is -2.39. The molecule has 0 amide bonds. The Morgan fingerprint density at radius 1 is 1.05 bits per heavy atom. The van der Waals surface area contributed by atoms with Crippen molar-refractivity contribution >= 4 is 5.97 Å². The summed E-state index contributed by atoms with van der Waals surface area (Å²) in [5.41, 5.74) is 0.877. The number of carbonyl (C=O) groups is 1. The van der Waals surface area contributed by atoms with E-state index in [-0.39, 0.29) is 5.97 Å². The minimum atomic E-state index is -0.998. The fourth-order valence-electron chi connectivity index (χ4n) is 2.48. The fourth-order valence-corrected chi connectivity index (χ4v) is 2.48. The summed E-state index contributed by atoms with van der Waals surface area (Å²) in [6, 6.07) is 19.5. The molecule has 0 N–H and O–H groups in total. The fraction of sp³-hybridized carbons (Fsp3) is 0.211. The molecule has 1 unspecified atom stereocenters. The molecule has 2 aromatic carbocycles. The van der Waals surface area contributed by atoms with Crippen LogP contribution in [0, 0.1) is 0 Å². The highest BCUT2D eigenvalue weighted by Crippen LogP contribution is 2.29. The van der Waals surface area contributed by atoms with Crippen LogP contribution in [0.2, 0.25) is 0 Å². The van der Waals surface area contributed by atoms with Gasteiger partial charge in [-0.15, -0.1) is 0 Å². The summed E-state index contributed by atoms with van der Waals surface area (Å²) < 4.78 is 11.3. The van der Waals surface area contributed by atoms with Gasteiger partial charge in [-0.1, -0.05) is 66.7 Å². The van der Waals surface area contributed by atoms with Gasteiger partial charge in [0, 0.05) is 0 Å². The van der Waals surface area contributed by atoms with E-state index in [2.05, 4.69) is 0 Å². The molecule has 1 aliphatic heterocycles. The predicted molar refractivity (Wildman–Crippen MR) is 84.3 cm³/mol. The van der Waals surface area contributed by atoms with Crippen molar-refractivity contribution < 1.29 is 14.3 Å². The SMILES string of the molecule is CC1(C(=O)OC(c2ccccc2)c2ccccc2)C=CCO1. The van der Waals surface area contributed by atoms with Gasteiger partial charge in [0.1, 0.15) is 0 Å². The molecule has 3 heteroatoms. The van der Waals surface area contributed by atoms with Crippen molar-refractivity contribution in [2.45, 2.75) is 18.6 Å². The van der Waals surface area contributed by atoms with Crippen LogP contribution in [0.1, 0.15) is 24.2 Å². The average Bonchev–Trinajstić information content (AvgIpc) is 3.02. The van der Waals surface area contributed by atoms with Gasteiger partial charge >= 0.3 is 5.97 Å². The molecular formula is C19H18O3. The van der Waals surface area contributed by atoms with Crippen LogP contribution in [-0.2, 0) is 14.3 Å². The third-order valence-electron chi connectivity index (χ3n) is 3.75. The lowest BCUT2D eigenvalue weighted by Crippen LogP contribution is -2.36. The molecule has 0 fully saturated rings. The first-order chi connectivity index (χ1) is 10.7. The van der Waals surface area contributed by atoms with E-state index in [0.717, 1.165) is 11.1 Å². The van der Waals surface area contributed by atoms with Gasteiger partial charge in [-0.2, -0.15) is 0 Å². The second-order valence-electron chi connectivity index (χ2n) is 5.43. The van der Waals surface area contributed by atoms with Gasteiger partial charge in [0.15, 0.2) is 11.7 Å². The van der Waals surface area contributed by atoms with E-state index < -0.39 is 11.7 Å².